The van der Waals surface area contributed by atoms with Gasteiger partial charge in [0.15, 0.2) is 0 Å². The van der Waals surface area contributed by atoms with E-state index in [0.29, 0.717) is 5.75 Å². The van der Waals surface area contributed by atoms with Gasteiger partial charge in [-0.3, -0.25) is 9.59 Å². The first-order valence-corrected chi connectivity index (χ1v) is 6.41. The molecule has 1 fully saturated rings. The molecule has 0 aliphatic carbocycles. The number of nitrogens with two attached hydrogens (primary N) is 1. The lowest BCUT2D eigenvalue weighted by Crippen LogP contribution is -2.44. The van der Waals surface area contributed by atoms with E-state index < -0.39 is 18.1 Å². The first kappa shape index (κ1) is 14.3. The second-order valence-electron chi connectivity index (χ2n) is 4.88. The Hall–Kier alpha value is -2.08. The Morgan fingerprint density at radius 2 is 2.25 bits per heavy atom. The van der Waals surface area contributed by atoms with Crippen molar-refractivity contribution in [2.45, 2.75) is 25.0 Å². The quantitative estimate of drug-likeness (QED) is 0.789. The van der Waals surface area contributed by atoms with Crippen LogP contribution < -0.4 is 10.5 Å². The maximum atomic E-state index is 12.2. The number of ether oxygens (including phenoxy) is 1. The van der Waals surface area contributed by atoms with Gasteiger partial charge in [-0.2, -0.15) is 0 Å². The molecule has 2 atom stereocenters. The van der Waals surface area contributed by atoms with Gasteiger partial charge in [-0.15, -0.1) is 0 Å². The van der Waals surface area contributed by atoms with Crippen LogP contribution in [-0.4, -0.2) is 47.6 Å². The summed E-state index contributed by atoms with van der Waals surface area (Å²) in [6.07, 6.45) is -0.339. The van der Waals surface area contributed by atoms with Crippen LogP contribution >= 0.6 is 0 Å². The number of likely N-dealkylation sites (tertiary alicyclic amines) is 1. The minimum absolute atomic E-state index is 0.147. The van der Waals surface area contributed by atoms with E-state index in [1.807, 2.05) is 6.07 Å². The molecule has 1 heterocycles. The van der Waals surface area contributed by atoms with Gasteiger partial charge in [0, 0.05) is 13.0 Å². The number of methoxy groups -OCH3 is 1. The summed E-state index contributed by atoms with van der Waals surface area (Å²) >= 11 is 0. The number of nitrogens with zero attached hydrogens (tertiary/aromatic N) is 1. The van der Waals surface area contributed by atoms with Gasteiger partial charge >= 0.3 is 0 Å². The van der Waals surface area contributed by atoms with E-state index in [0.717, 1.165) is 5.56 Å². The molecule has 2 amide bonds. The topological polar surface area (TPSA) is 92.9 Å². The highest BCUT2D eigenvalue weighted by Gasteiger charge is 2.37. The molecule has 6 heteroatoms. The summed E-state index contributed by atoms with van der Waals surface area (Å²) in [6.45, 7) is 0.149. The zero-order chi connectivity index (χ0) is 14.7. The van der Waals surface area contributed by atoms with Crippen molar-refractivity contribution in [2.24, 2.45) is 5.73 Å². The molecule has 20 heavy (non-hydrogen) atoms. The minimum Gasteiger partial charge on any atom is -0.497 e. The monoisotopic (exact) mass is 278 g/mol. The van der Waals surface area contributed by atoms with Crippen LogP contribution in [-0.2, 0) is 16.0 Å². The number of aliphatic hydroxyl groups is 1. The van der Waals surface area contributed by atoms with Crippen molar-refractivity contribution in [1.29, 1.82) is 0 Å². The van der Waals surface area contributed by atoms with Crippen molar-refractivity contribution in [1.82, 2.24) is 4.90 Å². The normalized spacial score (nSPS) is 21.8. The third-order valence-electron chi connectivity index (χ3n) is 3.42. The molecule has 0 bridgehead atoms. The lowest BCUT2D eigenvalue weighted by molar-refractivity contribution is -0.136. The summed E-state index contributed by atoms with van der Waals surface area (Å²) in [7, 11) is 1.56. The number of β-amino-alcohol motifs (C(OH)–C–C–N with tert-alkyl or cyclic N) is 1. The molecule has 0 radical (unpaired) electrons. The Labute approximate surface area is 117 Å². The third-order valence-corrected chi connectivity index (χ3v) is 3.42. The van der Waals surface area contributed by atoms with Gasteiger partial charge in [0.1, 0.15) is 11.8 Å². The van der Waals surface area contributed by atoms with E-state index in [9.17, 15) is 14.7 Å². The molecule has 2 unspecified atom stereocenters. The smallest absolute Gasteiger partial charge is 0.240 e. The number of hydrogen-bond donors (Lipinski definition) is 2. The lowest BCUT2D eigenvalue weighted by Gasteiger charge is -2.22. The molecule has 1 aromatic rings. The molecule has 1 aromatic carbocycles. The predicted octanol–water partition coefficient (Wildman–Crippen LogP) is -0.315. The Morgan fingerprint density at radius 3 is 2.90 bits per heavy atom. The SMILES string of the molecule is COc1cccc(CC(=O)N2CC(O)CC2C(N)=O)c1. The summed E-state index contributed by atoms with van der Waals surface area (Å²) in [5.74, 6) is -0.137. The molecule has 0 aromatic heterocycles. The highest BCUT2D eigenvalue weighted by Crippen LogP contribution is 2.20. The molecule has 1 aliphatic rings. The fourth-order valence-corrected chi connectivity index (χ4v) is 2.42. The molecule has 1 aliphatic heterocycles. The van der Waals surface area contributed by atoms with E-state index in [1.54, 1.807) is 25.3 Å². The van der Waals surface area contributed by atoms with Crippen LogP contribution in [0, 0.1) is 0 Å². The Kier molecular flexibility index (Phi) is 4.24. The average molecular weight is 278 g/mol. The highest BCUT2D eigenvalue weighted by molar-refractivity contribution is 5.88. The summed E-state index contributed by atoms with van der Waals surface area (Å²) in [5, 5.41) is 9.59. The van der Waals surface area contributed by atoms with Crippen LogP contribution in [0.2, 0.25) is 0 Å². The summed E-state index contributed by atoms with van der Waals surface area (Å²) < 4.78 is 5.10. The fourth-order valence-electron chi connectivity index (χ4n) is 2.42. The number of rotatable bonds is 4. The van der Waals surface area contributed by atoms with Gasteiger partial charge in [-0.25, -0.2) is 0 Å². The van der Waals surface area contributed by atoms with E-state index in [1.165, 1.54) is 4.90 Å². The van der Waals surface area contributed by atoms with Gasteiger partial charge in [0.2, 0.25) is 11.8 Å². The number of carbonyl (C=O) groups excluding carboxylic acids is 2. The van der Waals surface area contributed by atoms with Crippen molar-refractivity contribution in [3.63, 3.8) is 0 Å². The first-order chi connectivity index (χ1) is 9.51. The number of aliphatic hydroxyl groups excluding tert-OH is 1. The van der Waals surface area contributed by atoms with Gasteiger partial charge in [-0.05, 0) is 17.7 Å². The number of primary amides is 1. The van der Waals surface area contributed by atoms with Crippen LogP contribution in [0.3, 0.4) is 0 Å². The standard InChI is InChI=1S/C14H18N2O4/c1-20-11-4-2-3-9(5-11)6-13(18)16-8-10(17)7-12(16)14(15)19/h2-5,10,12,17H,6-8H2,1H3,(H2,15,19). The molecule has 0 spiro atoms. The molecule has 2 rings (SSSR count). The largest absolute Gasteiger partial charge is 0.497 e. The number of carbonyl (C=O) groups is 2. The van der Waals surface area contributed by atoms with E-state index in [2.05, 4.69) is 0 Å². The zero-order valence-electron chi connectivity index (χ0n) is 11.3. The molecule has 6 nitrogen and oxygen atoms in total. The number of amides is 2. The van der Waals surface area contributed by atoms with Crippen LogP contribution in [0.5, 0.6) is 5.75 Å². The second-order valence-corrected chi connectivity index (χ2v) is 4.88. The number of benzene rings is 1. The minimum atomic E-state index is -0.719. The summed E-state index contributed by atoms with van der Waals surface area (Å²) in [6, 6.07) is 6.45. The van der Waals surface area contributed by atoms with E-state index >= 15 is 0 Å². The molecule has 0 saturated carbocycles. The first-order valence-electron chi connectivity index (χ1n) is 6.41. The van der Waals surface area contributed by atoms with Crippen molar-refractivity contribution < 1.29 is 19.4 Å². The molecular weight excluding hydrogens is 260 g/mol. The Balaban J connectivity index is 2.09. The van der Waals surface area contributed by atoms with Gasteiger partial charge in [-0.1, -0.05) is 12.1 Å². The fraction of sp³-hybridized carbons (Fsp3) is 0.429. The summed E-state index contributed by atoms with van der Waals surface area (Å²) in [4.78, 5) is 24.9. The van der Waals surface area contributed by atoms with E-state index in [4.69, 9.17) is 10.5 Å². The molecule has 3 N–H and O–H groups in total. The van der Waals surface area contributed by atoms with E-state index in [-0.39, 0.29) is 25.3 Å². The maximum absolute atomic E-state index is 12.2. The molecular formula is C14H18N2O4. The van der Waals surface area contributed by atoms with Gasteiger partial charge < -0.3 is 20.5 Å². The zero-order valence-corrected chi connectivity index (χ0v) is 11.3. The highest BCUT2D eigenvalue weighted by atomic mass is 16.5. The summed E-state index contributed by atoms with van der Waals surface area (Å²) in [5.41, 5.74) is 6.05. The average Bonchev–Trinajstić information content (AvgIpc) is 2.81. The Bertz CT molecular complexity index is 518. The maximum Gasteiger partial charge on any atom is 0.240 e. The van der Waals surface area contributed by atoms with Crippen LogP contribution in [0.25, 0.3) is 0 Å². The predicted molar refractivity (Wildman–Crippen MR) is 72.0 cm³/mol. The van der Waals surface area contributed by atoms with Crippen molar-refractivity contribution in [3.8, 4) is 5.75 Å². The van der Waals surface area contributed by atoms with Crippen LogP contribution in [0.4, 0.5) is 0 Å². The second kappa shape index (κ2) is 5.92. The van der Waals surface area contributed by atoms with Crippen LogP contribution in [0.1, 0.15) is 12.0 Å². The molecule has 1 saturated heterocycles. The van der Waals surface area contributed by atoms with Crippen LogP contribution in [0.15, 0.2) is 24.3 Å². The third kappa shape index (κ3) is 3.08. The number of hydrogen-bond acceptors (Lipinski definition) is 4. The van der Waals surface area contributed by atoms with Gasteiger partial charge in [0.05, 0.1) is 19.6 Å². The van der Waals surface area contributed by atoms with Gasteiger partial charge in [0.25, 0.3) is 0 Å². The van der Waals surface area contributed by atoms with Crippen molar-refractivity contribution in [2.75, 3.05) is 13.7 Å². The van der Waals surface area contributed by atoms with Crippen molar-refractivity contribution in [3.05, 3.63) is 29.8 Å². The van der Waals surface area contributed by atoms with Crippen molar-refractivity contribution >= 4 is 11.8 Å². The Morgan fingerprint density at radius 1 is 1.50 bits per heavy atom. The lowest BCUT2D eigenvalue weighted by atomic mass is 10.1. The molecule has 108 valence electrons.